The number of aliphatic hydroxyl groups excluding tert-OH is 1. The van der Waals surface area contributed by atoms with Gasteiger partial charge in [0.05, 0.1) is 12.5 Å². The Morgan fingerprint density at radius 1 is 1.24 bits per heavy atom. The van der Waals surface area contributed by atoms with Gasteiger partial charge >= 0.3 is 0 Å². The van der Waals surface area contributed by atoms with Crippen molar-refractivity contribution in [1.29, 1.82) is 0 Å². The van der Waals surface area contributed by atoms with E-state index in [1.165, 1.54) is 9.75 Å². The van der Waals surface area contributed by atoms with E-state index in [-0.39, 0.29) is 18.4 Å². The van der Waals surface area contributed by atoms with Gasteiger partial charge in [0.1, 0.15) is 0 Å². The molecule has 4 heteroatoms. The SMILES string of the molecule is Cc1ccc(CC(C)NC(=O)CC(O)c2ccccc2)s1. The molecule has 21 heavy (non-hydrogen) atoms. The minimum Gasteiger partial charge on any atom is -0.388 e. The van der Waals surface area contributed by atoms with Crippen LogP contribution in [0.5, 0.6) is 0 Å². The zero-order valence-electron chi connectivity index (χ0n) is 12.4. The summed E-state index contributed by atoms with van der Waals surface area (Å²) in [4.78, 5) is 14.5. The van der Waals surface area contributed by atoms with Crippen LogP contribution in [0.3, 0.4) is 0 Å². The van der Waals surface area contributed by atoms with Gasteiger partial charge in [-0.25, -0.2) is 0 Å². The molecule has 3 nitrogen and oxygen atoms in total. The minimum absolute atomic E-state index is 0.0681. The van der Waals surface area contributed by atoms with Gasteiger partial charge in [-0.2, -0.15) is 0 Å². The van der Waals surface area contributed by atoms with Crippen molar-refractivity contribution < 1.29 is 9.90 Å². The monoisotopic (exact) mass is 303 g/mol. The molecule has 1 aromatic carbocycles. The number of thiophene rings is 1. The summed E-state index contributed by atoms with van der Waals surface area (Å²) in [6.07, 6.45) is 0.172. The first-order chi connectivity index (χ1) is 10.0. The van der Waals surface area contributed by atoms with Crippen molar-refractivity contribution in [1.82, 2.24) is 5.32 Å². The lowest BCUT2D eigenvalue weighted by molar-refractivity contribution is -0.123. The Hall–Kier alpha value is -1.65. The molecule has 0 aliphatic rings. The first-order valence-corrected chi connectivity index (χ1v) is 7.94. The second-order valence-corrected chi connectivity index (χ2v) is 6.69. The molecule has 0 saturated heterocycles. The van der Waals surface area contributed by atoms with Crippen LogP contribution in [0.25, 0.3) is 0 Å². The molecule has 1 heterocycles. The average molecular weight is 303 g/mol. The summed E-state index contributed by atoms with van der Waals surface area (Å²) in [6, 6.07) is 13.5. The zero-order chi connectivity index (χ0) is 15.2. The number of amides is 1. The molecule has 112 valence electrons. The van der Waals surface area contributed by atoms with E-state index in [0.29, 0.717) is 0 Å². The number of aliphatic hydroxyl groups is 1. The number of rotatable bonds is 6. The second-order valence-electron chi connectivity index (χ2n) is 5.32. The van der Waals surface area contributed by atoms with Gasteiger partial charge in [0, 0.05) is 22.2 Å². The number of hydrogen-bond donors (Lipinski definition) is 2. The molecule has 0 spiro atoms. The van der Waals surface area contributed by atoms with E-state index in [1.54, 1.807) is 11.3 Å². The molecule has 0 bridgehead atoms. The fourth-order valence-electron chi connectivity index (χ4n) is 2.25. The fourth-order valence-corrected chi connectivity index (χ4v) is 3.27. The normalized spacial score (nSPS) is 13.7. The predicted octanol–water partition coefficient (Wildman–Crippen LogP) is 3.23. The van der Waals surface area contributed by atoms with E-state index >= 15 is 0 Å². The van der Waals surface area contributed by atoms with Gasteiger partial charge in [0.25, 0.3) is 0 Å². The van der Waals surface area contributed by atoms with Gasteiger partial charge in [-0.15, -0.1) is 11.3 Å². The summed E-state index contributed by atoms with van der Waals surface area (Å²) in [5.74, 6) is -0.118. The van der Waals surface area contributed by atoms with Crippen LogP contribution in [-0.2, 0) is 11.2 Å². The summed E-state index contributed by atoms with van der Waals surface area (Å²) in [7, 11) is 0. The highest BCUT2D eigenvalue weighted by Crippen LogP contribution is 2.18. The lowest BCUT2D eigenvalue weighted by Crippen LogP contribution is -2.34. The van der Waals surface area contributed by atoms with Gasteiger partial charge in [0.2, 0.25) is 5.91 Å². The highest BCUT2D eigenvalue weighted by molar-refractivity contribution is 7.11. The van der Waals surface area contributed by atoms with Crippen LogP contribution in [0.2, 0.25) is 0 Å². The second kappa shape index (κ2) is 7.38. The number of nitrogens with one attached hydrogen (secondary N) is 1. The predicted molar refractivity (Wildman–Crippen MR) is 86.4 cm³/mol. The van der Waals surface area contributed by atoms with Crippen LogP contribution in [0.15, 0.2) is 42.5 Å². The molecule has 2 N–H and O–H groups in total. The van der Waals surface area contributed by atoms with Crippen molar-refractivity contribution in [3.8, 4) is 0 Å². The minimum atomic E-state index is -0.748. The van der Waals surface area contributed by atoms with Crippen LogP contribution in [-0.4, -0.2) is 17.1 Å². The molecular formula is C17H21NO2S. The van der Waals surface area contributed by atoms with E-state index in [4.69, 9.17) is 0 Å². The quantitative estimate of drug-likeness (QED) is 0.861. The zero-order valence-corrected chi connectivity index (χ0v) is 13.2. The standard InChI is InChI=1S/C17H21NO2S/c1-12(10-15-9-8-13(2)21-15)18-17(20)11-16(19)14-6-4-3-5-7-14/h3-9,12,16,19H,10-11H2,1-2H3,(H,18,20). The lowest BCUT2D eigenvalue weighted by Gasteiger charge is -2.15. The maximum absolute atomic E-state index is 12.0. The average Bonchev–Trinajstić information content (AvgIpc) is 2.84. The molecule has 1 amide bonds. The first kappa shape index (κ1) is 15.7. The molecule has 0 aliphatic carbocycles. The lowest BCUT2D eigenvalue weighted by atomic mass is 10.1. The van der Waals surface area contributed by atoms with Crippen molar-refractivity contribution in [2.75, 3.05) is 0 Å². The fraction of sp³-hybridized carbons (Fsp3) is 0.353. The molecular weight excluding hydrogens is 282 g/mol. The molecule has 0 fully saturated rings. The third-order valence-corrected chi connectivity index (χ3v) is 4.30. The molecule has 1 aromatic heterocycles. The number of hydrogen-bond acceptors (Lipinski definition) is 3. The van der Waals surface area contributed by atoms with Crippen LogP contribution in [0, 0.1) is 6.92 Å². The Morgan fingerprint density at radius 2 is 1.95 bits per heavy atom. The van der Waals surface area contributed by atoms with Crippen LogP contribution < -0.4 is 5.32 Å². The van der Waals surface area contributed by atoms with Crippen molar-refractivity contribution >= 4 is 17.2 Å². The first-order valence-electron chi connectivity index (χ1n) is 7.12. The Kier molecular flexibility index (Phi) is 5.53. The van der Waals surface area contributed by atoms with E-state index in [1.807, 2.05) is 37.3 Å². The van der Waals surface area contributed by atoms with E-state index in [9.17, 15) is 9.90 Å². The molecule has 0 saturated carbocycles. The molecule has 2 aromatic rings. The van der Waals surface area contributed by atoms with Gasteiger partial charge in [-0.05, 0) is 31.5 Å². The number of aryl methyl sites for hydroxylation is 1. The summed E-state index contributed by atoms with van der Waals surface area (Å²) >= 11 is 1.75. The third kappa shape index (κ3) is 4.99. The van der Waals surface area contributed by atoms with Gasteiger partial charge in [-0.1, -0.05) is 30.3 Å². The molecule has 0 aliphatic heterocycles. The van der Waals surface area contributed by atoms with Crippen molar-refractivity contribution in [2.45, 2.75) is 38.8 Å². The van der Waals surface area contributed by atoms with E-state index in [2.05, 4.69) is 24.4 Å². The van der Waals surface area contributed by atoms with E-state index in [0.717, 1.165) is 12.0 Å². The maximum Gasteiger partial charge on any atom is 0.223 e. The van der Waals surface area contributed by atoms with Crippen LogP contribution in [0.4, 0.5) is 0 Å². The van der Waals surface area contributed by atoms with Gasteiger partial charge in [-0.3, -0.25) is 4.79 Å². The molecule has 0 radical (unpaired) electrons. The van der Waals surface area contributed by atoms with Gasteiger partial charge < -0.3 is 10.4 Å². The van der Waals surface area contributed by atoms with Crippen molar-refractivity contribution in [3.63, 3.8) is 0 Å². The number of benzene rings is 1. The topological polar surface area (TPSA) is 49.3 Å². The van der Waals surface area contributed by atoms with Crippen LogP contribution in [0.1, 0.15) is 34.8 Å². The number of carbonyl (C=O) groups excluding carboxylic acids is 1. The van der Waals surface area contributed by atoms with Crippen LogP contribution >= 0.6 is 11.3 Å². The summed E-state index contributed by atoms with van der Waals surface area (Å²) in [6.45, 7) is 4.06. The van der Waals surface area contributed by atoms with E-state index < -0.39 is 6.10 Å². The van der Waals surface area contributed by atoms with Gasteiger partial charge in [0.15, 0.2) is 0 Å². The summed E-state index contributed by atoms with van der Waals surface area (Å²) in [5.41, 5.74) is 0.772. The Labute approximate surface area is 129 Å². The highest BCUT2D eigenvalue weighted by atomic mass is 32.1. The Morgan fingerprint density at radius 3 is 2.57 bits per heavy atom. The maximum atomic E-state index is 12.0. The molecule has 2 unspecified atom stereocenters. The largest absolute Gasteiger partial charge is 0.388 e. The summed E-state index contributed by atoms with van der Waals surface area (Å²) in [5, 5.41) is 13.0. The Balaban J connectivity index is 1.81. The smallest absolute Gasteiger partial charge is 0.223 e. The summed E-state index contributed by atoms with van der Waals surface area (Å²) < 4.78 is 0. The van der Waals surface area contributed by atoms with Crippen molar-refractivity contribution in [3.05, 3.63) is 57.8 Å². The molecule has 2 rings (SSSR count). The third-order valence-electron chi connectivity index (χ3n) is 3.27. The molecule has 2 atom stereocenters. The Bertz CT molecular complexity index is 579. The highest BCUT2D eigenvalue weighted by Gasteiger charge is 2.15. The van der Waals surface area contributed by atoms with Crippen molar-refractivity contribution in [2.24, 2.45) is 0 Å². The number of carbonyl (C=O) groups is 1.